The number of benzene rings is 1. The van der Waals surface area contributed by atoms with Crippen LogP contribution in [0.3, 0.4) is 0 Å². The Morgan fingerprint density at radius 1 is 1.18 bits per heavy atom. The highest BCUT2D eigenvalue weighted by molar-refractivity contribution is 7.99. The first-order valence-electron chi connectivity index (χ1n) is 6.78. The summed E-state index contributed by atoms with van der Waals surface area (Å²) in [5, 5.41) is 3.70. The molecule has 0 heterocycles. The Morgan fingerprint density at radius 3 is 2.59 bits per heavy atom. The van der Waals surface area contributed by atoms with Crippen LogP contribution in [0.4, 0.5) is 0 Å². The molecule has 0 aromatic heterocycles. The van der Waals surface area contributed by atoms with Gasteiger partial charge in [0.1, 0.15) is 0 Å². The van der Waals surface area contributed by atoms with Crippen LogP contribution in [0.2, 0.25) is 0 Å². The van der Waals surface area contributed by atoms with Crippen LogP contribution in [0, 0.1) is 5.41 Å². The van der Waals surface area contributed by atoms with E-state index < -0.39 is 0 Å². The summed E-state index contributed by atoms with van der Waals surface area (Å²) in [6.45, 7) is 1.27. The molecule has 17 heavy (non-hydrogen) atoms. The monoisotopic (exact) mass is 247 g/mol. The van der Waals surface area contributed by atoms with Crippen LogP contribution in [0.1, 0.15) is 32.1 Å². The van der Waals surface area contributed by atoms with Gasteiger partial charge in [-0.25, -0.2) is 0 Å². The van der Waals surface area contributed by atoms with Crippen molar-refractivity contribution in [2.75, 3.05) is 12.3 Å². The second kappa shape index (κ2) is 5.03. The Labute approximate surface area is 108 Å². The summed E-state index contributed by atoms with van der Waals surface area (Å²) < 4.78 is 0. The maximum atomic E-state index is 3.70. The van der Waals surface area contributed by atoms with Crippen molar-refractivity contribution in [1.82, 2.24) is 5.32 Å². The molecule has 2 saturated carbocycles. The molecule has 92 valence electrons. The fraction of sp³-hybridized carbons (Fsp3) is 0.600. The molecule has 0 unspecified atom stereocenters. The molecule has 2 heteroatoms. The van der Waals surface area contributed by atoms with E-state index in [9.17, 15) is 0 Å². The molecule has 1 N–H and O–H groups in total. The average Bonchev–Trinajstić information content (AvgIpc) is 3.25. The van der Waals surface area contributed by atoms with E-state index in [4.69, 9.17) is 0 Å². The van der Waals surface area contributed by atoms with Crippen molar-refractivity contribution < 1.29 is 0 Å². The molecule has 1 aromatic carbocycles. The van der Waals surface area contributed by atoms with Gasteiger partial charge in [-0.1, -0.05) is 18.2 Å². The first-order chi connectivity index (χ1) is 8.36. The second-order valence-corrected chi connectivity index (χ2v) is 6.74. The van der Waals surface area contributed by atoms with Crippen molar-refractivity contribution in [2.45, 2.75) is 43.0 Å². The lowest BCUT2D eigenvalue weighted by atomic mass is 10.0. The number of hydrogen-bond donors (Lipinski definition) is 1. The topological polar surface area (TPSA) is 12.0 Å². The third kappa shape index (κ3) is 3.49. The molecule has 0 radical (unpaired) electrons. The summed E-state index contributed by atoms with van der Waals surface area (Å²) >= 11 is 2.01. The normalized spacial score (nSPS) is 21.4. The SMILES string of the molecule is c1ccc(SCCC2(CNC3CC3)CC2)cc1. The first-order valence-corrected chi connectivity index (χ1v) is 7.76. The van der Waals surface area contributed by atoms with Crippen LogP contribution >= 0.6 is 11.8 Å². The fourth-order valence-corrected chi connectivity index (χ4v) is 3.36. The number of rotatable bonds is 7. The lowest BCUT2D eigenvalue weighted by Gasteiger charge is -2.15. The summed E-state index contributed by atoms with van der Waals surface area (Å²) in [7, 11) is 0. The first kappa shape index (κ1) is 11.6. The van der Waals surface area contributed by atoms with Gasteiger partial charge in [0, 0.05) is 17.5 Å². The Morgan fingerprint density at radius 2 is 1.94 bits per heavy atom. The molecule has 0 atom stereocenters. The minimum Gasteiger partial charge on any atom is -0.313 e. The van der Waals surface area contributed by atoms with Crippen molar-refractivity contribution >= 4 is 11.8 Å². The van der Waals surface area contributed by atoms with Gasteiger partial charge in [-0.3, -0.25) is 0 Å². The predicted molar refractivity (Wildman–Crippen MR) is 74.5 cm³/mol. The molecule has 0 bridgehead atoms. The van der Waals surface area contributed by atoms with Gasteiger partial charge in [0.2, 0.25) is 0 Å². The maximum Gasteiger partial charge on any atom is 0.00719 e. The van der Waals surface area contributed by atoms with Gasteiger partial charge >= 0.3 is 0 Å². The summed E-state index contributed by atoms with van der Waals surface area (Å²) in [4.78, 5) is 1.42. The van der Waals surface area contributed by atoms with Crippen molar-refractivity contribution in [3.63, 3.8) is 0 Å². The van der Waals surface area contributed by atoms with E-state index in [2.05, 4.69) is 35.6 Å². The van der Waals surface area contributed by atoms with Crippen LogP contribution in [0.25, 0.3) is 0 Å². The van der Waals surface area contributed by atoms with E-state index in [1.54, 1.807) is 0 Å². The van der Waals surface area contributed by atoms with Gasteiger partial charge in [0.05, 0.1) is 0 Å². The van der Waals surface area contributed by atoms with E-state index >= 15 is 0 Å². The second-order valence-electron chi connectivity index (χ2n) is 5.57. The van der Waals surface area contributed by atoms with Gasteiger partial charge in [0.15, 0.2) is 0 Å². The maximum absolute atomic E-state index is 3.70. The van der Waals surface area contributed by atoms with E-state index in [1.807, 2.05) is 11.8 Å². The molecule has 0 amide bonds. The van der Waals surface area contributed by atoms with Crippen LogP contribution < -0.4 is 5.32 Å². The van der Waals surface area contributed by atoms with Crippen LogP contribution in [-0.2, 0) is 0 Å². The Bertz CT molecular complexity index is 354. The minimum atomic E-state index is 0.671. The zero-order valence-corrected chi connectivity index (χ0v) is 11.1. The van der Waals surface area contributed by atoms with Gasteiger partial charge in [-0.05, 0) is 55.4 Å². The largest absolute Gasteiger partial charge is 0.313 e. The number of nitrogens with one attached hydrogen (secondary N) is 1. The molecule has 3 rings (SSSR count). The molecular formula is C15H21NS. The van der Waals surface area contributed by atoms with Gasteiger partial charge in [0.25, 0.3) is 0 Å². The summed E-state index contributed by atoms with van der Waals surface area (Å²) in [5.74, 6) is 1.27. The van der Waals surface area contributed by atoms with Gasteiger partial charge < -0.3 is 5.32 Å². The molecule has 0 spiro atoms. The standard InChI is InChI=1S/C15H21NS/c1-2-4-14(5-3-1)17-11-10-15(8-9-15)12-16-13-6-7-13/h1-5,13,16H,6-12H2. The molecule has 0 saturated heterocycles. The highest BCUT2D eigenvalue weighted by Crippen LogP contribution is 2.49. The Balaban J connectivity index is 1.38. The van der Waals surface area contributed by atoms with Gasteiger partial charge in [-0.2, -0.15) is 0 Å². The van der Waals surface area contributed by atoms with Crippen LogP contribution in [0.15, 0.2) is 35.2 Å². The third-order valence-electron chi connectivity index (χ3n) is 3.94. The predicted octanol–water partition coefficient (Wildman–Crippen LogP) is 3.70. The fourth-order valence-electron chi connectivity index (χ4n) is 2.24. The van der Waals surface area contributed by atoms with Crippen LogP contribution in [0.5, 0.6) is 0 Å². The zero-order chi connectivity index (χ0) is 11.6. The number of hydrogen-bond acceptors (Lipinski definition) is 2. The molecule has 2 aliphatic carbocycles. The number of thioether (sulfide) groups is 1. The quantitative estimate of drug-likeness (QED) is 0.737. The van der Waals surface area contributed by atoms with Crippen molar-refractivity contribution in [2.24, 2.45) is 5.41 Å². The molecular weight excluding hydrogens is 226 g/mol. The Hall–Kier alpha value is -0.470. The van der Waals surface area contributed by atoms with E-state index in [0.717, 1.165) is 6.04 Å². The van der Waals surface area contributed by atoms with Crippen LogP contribution in [-0.4, -0.2) is 18.3 Å². The van der Waals surface area contributed by atoms with Crippen molar-refractivity contribution in [1.29, 1.82) is 0 Å². The van der Waals surface area contributed by atoms with E-state index in [0.29, 0.717) is 5.41 Å². The molecule has 1 aromatic rings. The minimum absolute atomic E-state index is 0.671. The van der Waals surface area contributed by atoms with E-state index in [1.165, 1.54) is 49.3 Å². The van der Waals surface area contributed by atoms with Crippen molar-refractivity contribution in [3.8, 4) is 0 Å². The molecule has 0 aliphatic heterocycles. The lowest BCUT2D eigenvalue weighted by Crippen LogP contribution is -2.26. The Kier molecular flexibility index (Phi) is 3.44. The molecule has 2 fully saturated rings. The highest BCUT2D eigenvalue weighted by atomic mass is 32.2. The summed E-state index contributed by atoms with van der Waals surface area (Å²) in [6.07, 6.45) is 7.10. The smallest absolute Gasteiger partial charge is 0.00719 e. The third-order valence-corrected chi connectivity index (χ3v) is 4.96. The highest BCUT2D eigenvalue weighted by Gasteiger charge is 2.42. The summed E-state index contributed by atoms with van der Waals surface area (Å²) in [5.41, 5.74) is 0.671. The average molecular weight is 247 g/mol. The van der Waals surface area contributed by atoms with E-state index in [-0.39, 0.29) is 0 Å². The summed E-state index contributed by atoms with van der Waals surface area (Å²) in [6, 6.07) is 11.6. The zero-order valence-electron chi connectivity index (χ0n) is 10.3. The van der Waals surface area contributed by atoms with Crippen molar-refractivity contribution in [3.05, 3.63) is 30.3 Å². The molecule has 1 nitrogen and oxygen atoms in total. The molecule has 2 aliphatic rings. The lowest BCUT2D eigenvalue weighted by molar-refractivity contribution is 0.445. The van der Waals surface area contributed by atoms with Gasteiger partial charge in [-0.15, -0.1) is 11.8 Å².